The lowest BCUT2D eigenvalue weighted by Crippen LogP contribution is -2.52. The van der Waals surface area contributed by atoms with Gasteiger partial charge in [0, 0.05) is 50.4 Å². The molecule has 6 heterocycles. The number of aromatic nitrogens is 5. The molecule has 64 heavy (non-hydrogen) atoms. The SMILES string of the molecule is Cc1cc(S(=O)(=O)C2CC3(CCN(CC4CCN(c5cccc6c5n(C)c(=O)n6C5CCC(=O)NC5=O)CC4)CC3)C2)ccc1Nc1ncc2cc(Cl)c(=O)n(C(C)C(C)(C)O)c2n1. The largest absolute Gasteiger partial charge is 0.388 e. The van der Waals surface area contributed by atoms with Gasteiger partial charge in [-0.25, -0.2) is 18.2 Å². The molecule has 0 bridgehead atoms. The number of sulfone groups is 1. The number of aliphatic hydroxyl groups is 1. The minimum Gasteiger partial charge on any atom is -0.388 e. The van der Waals surface area contributed by atoms with Crippen molar-refractivity contribution in [1.82, 2.24) is 33.9 Å². The highest BCUT2D eigenvalue weighted by molar-refractivity contribution is 7.92. The van der Waals surface area contributed by atoms with Crippen LogP contribution >= 0.6 is 11.6 Å². The molecule has 3 aromatic heterocycles. The summed E-state index contributed by atoms with van der Waals surface area (Å²) in [6.45, 7) is 11.4. The van der Waals surface area contributed by atoms with E-state index in [0.717, 1.165) is 69.6 Å². The predicted molar refractivity (Wildman–Crippen MR) is 246 cm³/mol. The van der Waals surface area contributed by atoms with Crippen LogP contribution in [0.15, 0.2) is 63.1 Å². The smallest absolute Gasteiger partial charge is 0.329 e. The standard InChI is InChI=1S/C46H56ClN9O7S/c1-27-21-31(9-10-34(27)49-43-48-25-30-22-33(47)42(59)55(40(30)51-43)28(2)45(3,4)61)64(62,63)32-23-46(24-32)15-19-53(20-16-46)26-29-13-17-54(18-14-29)35-7-6-8-36-39(35)52(5)44(60)56(36)37-11-12-38(57)50-41(37)58/h6-10,21-22,25,28-29,32,37,61H,11-20,23-24,26H2,1-5H3,(H,48,49,51)(H,50,57,58). The van der Waals surface area contributed by atoms with Crippen LogP contribution in [0, 0.1) is 18.3 Å². The predicted octanol–water partition coefficient (Wildman–Crippen LogP) is 5.39. The molecule has 340 valence electrons. The van der Waals surface area contributed by atoms with Crippen molar-refractivity contribution in [2.75, 3.05) is 42.9 Å². The molecule has 2 atom stereocenters. The van der Waals surface area contributed by atoms with E-state index in [0.29, 0.717) is 57.9 Å². The normalized spacial score (nSPS) is 20.8. The lowest BCUT2D eigenvalue weighted by molar-refractivity contribution is -0.135. The fourth-order valence-electron chi connectivity index (χ4n) is 10.5. The van der Waals surface area contributed by atoms with E-state index in [2.05, 4.69) is 30.4 Å². The Morgan fingerprint density at radius 3 is 2.41 bits per heavy atom. The second-order valence-corrected chi connectivity index (χ2v) is 21.8. The third-order valence-electron chi connectivity index (χ3n) is 14.7. The zero-order chi connectivity index (χ0) is 45.5. The monoisotopic (exact) mass is 913 g/mol. The maximum absolute atomic E-state index is 13.9. The van der Waals surface area contributed by atoms with E-state index in [9.17, 15) is 32.7 Å². The van der Waals surface area contributed by atoms with Crippen molar-refractivity contribution in [3.63, 3.8) is 0 Å². The van der Waals surface area contributed by atoms with Crippen LogP contribution in [0.2, 0.25) is 5.02 Å². The number of pyridine rings is 1. The molecule has 4 fully saturated rings. The van der Waals surface area contributed by atoms with Crippen LogP contribution in [0.5, 0.6) is 0 Å². The van der Waals surface area contributed by atoms with Gasteiger partial charge in [-0.3, -0.25) is 33.4 Å². The average Bonchev–Trinajstić information content (AvgIpc) is 3.49. The van der Waals surface area contributed by atoms with E-state index in [1.807, 2.05) is 25.1 Å². The number of benzene rings is 2. The number of aryl methyl sites for hydroxylation is 2. The molecule has 9 rings (SSSR count). The van der Waals surface area contributed by atoms with Crippen LogP contribution in [0.25, 0.3) is 22.1 Å². The molecule has 3 N–H and O–H groups in total. The molecule has 1 aliphatic carbocycles. The Hall–Kier alpha value is -5.10. The first kappa shape index (κ1) is 44.1. The van der Waals surface area contributed by atoms with Crippen molar-refractivity contribution in [2.24, 2.45) is 18.4 Å². The second-order valence-electron chi connectivity index (χ2n) is 19.2. The molecule has 16 nitrogen and oxygen atoms in total. The Labute approximate surface area is 376 Å². The van der Waals surface area contributed by atoms with Gasteiger partial charge in [0.05, 0.1) is 38.5 Å². The molecule has 0 radical (unpaired) electrons. The highest BCUT2D eigenvalue weighted by atomic mass is 35.5. The number of nitrogens with zero attached hydrogens (tertiary/aromatic N) is 7. The van der Waals surface area contributed by atoms with Crippen LogP contribution in [-0.2, 0) is 26.5 Å². The van der Waals surface area contributed by atoms with Crippen LogP contribution in [-0.4, -0.2) is 97.5 Å². The summed E-state index contributed by atoms with van der Waals surface area (Å²) >= 11 is 6.25. The lowest BCUT2D eigenvalue weighted by atomic mass is 9.63. The molecule has 5 aromatic rings. The number of piperidine rings is 3. The lowest BCUT2D eigenvalue weighted by Gasteiger charge is -2.52. The summed E-state index contributed by atoms with van der Waals surface area (Å²) in [7, 11) is -1.81. The molecule has 4 aliphatic rings. The van der Waals surface area contributed by atoms with Crippen molar-refractivity contribution < 1.29 is 23.1 Å². The Morgan fingerprint density at radius 2 is 1.73 bits per heavy atom. The van der Waals surface area contributed by atoms with E-state index in [4.69, 9.17) is 11.6 Å². The highest BCUT2D eigenvalue weighted by Gasteiger charge is 2.51. The minimum absolute atomic E-state index is 0.000544. The quantitative estimate of drug-likeness (QED) is 0.152. The Bertz CT molecular complexity index is 2910. The van der Waals surface area contributed by atoms with Crippen LogP contribution in [0.1, 0.15) is 89.8 Å². The number of para-hydroxylation sites is 1. The summed E-state index contributed by atoms with van der Waals surface area (Å²) in [4.78, 5) is 65.3. The number of carbonyl (C=O) groups is 2. The van der Waals surface area contributed by atoms with Crippen LogP contribution in [0.3, 0.4) is 0 Å². The van der Waals surface area contributed by atoms with Gasteiger partial charge < -0.3 is 20.2 Å². The number of carbonyl (C=O) groups excluding carboxylic acids is 2. The van der Waals surface area contributed by atoms with Gasteiger partial charge in [0.15, 0.2) is 9.84 Å². The van der Waals surface area contributed by atoms with Gasteiger partial charge in [-0.1, -0.05) is 17.7 Å². The summed E-state index contributed by atoms with van der Waals surface area (Å²) in [6, 6.07) is 11.1. The molecular weight excluding hydrogens is 858 g/mol. The van der Waals surface area contributed by atoms with Crippen LogP contribution in [0.4, 0.5) is 17.3 Å². The minimum atomic E-state index is -3.55. The Morgan fingerprint density at radius 1 is 1.02 bits per heavy atom. The summed E-state index contributed by atoms with van der Waals surface area (Å²) in [5.74, 6) is 0.000324. The molecule has 1 spiro atoms. The average molecular weight is 915 g/mol. The molecule has 3 aliphatic heterocycles. The summed E-state index contributed by atoms with van der Waals surface area (Å²) < 4.78 is 32.4. The number of nitrogens with one attached hydrogen (secondary N) is 2. The number of imidazole rings is 1. The van der Waals surface area contributed by atoms with Crippen molar-refractivity contribution in [1.29, 1.82) is 0 Å². The van der Waals surface area contributed by atoms with Gasteiger partial charge in [0.2, 0.25) is 17.8 Å². The molecule has 2 amide bonds. The number of hydrogen-bond acceptors (Lipinski definition) is 12. The first-order valence-corrected chi connectivity index (χ1v) is 24.2. The number of rotatable bonds is 10. The highest BCUT2D eigenvalue weighted by Crippen LogP contribution is 2.53. The second kappa shape index (κ2) is 16.4. The Kier molecular flexibility index (Phi) is 11.3. The van der Waals surface area contributed by atoms with Crippen molar-refractivity contribution >= 4 is 72.6 Å². The van der Waals surface area contributed by atoms with Gasteiger partial charge >= 0.3 is 5.69 Å². The maximum Gasteiger partial charge on any atom is 0.329 e. The molecular formula is C46H56ClN9O7S. The summed E-state index contributed by atoms with van der Waals surface area (Å²) in [6.07, 6.45) is 7.40. The fourth-order valence-corrected chi connectivity index (χ4v) is 12.8. The third kappa shape index (κ3) is 7.91. The number of halogens is 1. The van der Waals surface area contributed by atoms with Gasteiger partial charge in [-0.2, -0.15) is 4.98 Å². The number of hydrogen-bond donors (Lipinski definition) is 3. The van der Waals surface area contributed by atoms with E-state index in [-0.39, 0.29) is 34.4 Å². The number of anilines is 3. The zero-order valence-electron chi connectivity index (χ0n) is 36.9. The van der Waals surface area contributed by atoms with Gasteiger partial charge in [-0.15, -0.1) is 0 Å². The topological polar surface area (TPSA) is 194 Å². The molecule has 3 saturated heterocycles. The number of amides is 2. The van der Waals surface area contributed by atoms with E-state index in [1.54, 1.807) is 61.3 Å². The number of fused-ring (bicyclic) bond motifs is 2. The fraction of sp³-hybridized carbons (Fsp3) is 0.522. The van der Waals surface area contributed by atoms with Crippen molar-refractivity contribution in [2.45, 2.75) is 107 Å². The van der Waals surface area contributed by atoms with E-state index >= 15 is 0 Å². The summed E-state index contributed by atoms with van der Waals surface area (Å²) in [5.41, 5.74) is 2.21. The first-order valence-electron chi connectivity index (χ1n) is 22.3. The van der Waals surface area contributed by atoms with Gasteiger partial charge in [0.25, 0.3) is 5.56 Å². The van der Waals surface area contributed by atoms with Crippen molar-refractivity contribution in [3.05, 3.63) is 80.1 Å². The molecule has 1 saturated carbocycles. The molecule has 2 unspecified atom stereocenters. The van der Waals surface area contributed by atoms with Gasteiger partial charge in [0.1, 0.15) is 16.7 Å². The number of imide groups is 1. The zero-order valence-corrected chi connectivity index (χ0v) is 38.5. The number of likely N-dealkylation sites (tertiary alicyclic amines) is 1. The van der Waals surface area contributed by atoms with Crippen molar-refractivity contribution in [3.8, 4) is 0 Å². The van der Waals surface area contributed by atoms with Gasteiger partial charge in [-0.05, 0) is 139 Å². The molecule has 2 aromatic carbocycles. The van der Waals surface area contributed by atoms with E-state index in [1.165, 1.54) is 10.6 Å². The maximum atomic E-state index is 13.9. The summed E-state index contributed by atoms with van der Waals surface area (Å²) in [5, 5.41) is 16.4. The Balaban J connectivity index is 0.787. The third-order valence-corrected chi connectivity index (χ3v) is 17.1. The van der Waals surface area contributed by atoms with Crippen LogP contribution < -0.4 is 26.8 Å². The molecule has 18 heteroatoms. The first-order chi connectivity index (χ1) is 30.3. The van der Waals surface area contributed by atoms with E-state index < -0.39 is 44.2 Å².